The monoisotopic (exact) mass is 981 g/mol. The Morgan fingerprint density at radius 3 is 0.919 bits per heavy atom. The van der Waals surface area contributed by atoms with Gasteiger partial charge >= 0.3 is 0 Å². The molecule has 0 bridgehead atoms. The average molecular weight is 981 g/mol. The van der Waals surface area contributed by atoms with Crippen LogP contribution in [-0.4, -0.2) is 14.8 Å². The highest BCUT2D eigenvalue weighted by molar-refractivity contribution is 7.19. The van der Waals surface area contributed by atoms with Crippen molar-refractivity contribution in [2.75, 3.05) is 0 Å². The van der Waals surface area contributed by atoms with Crippen LogP contribution in [0.5, 0.6) is 23.0 Å². The molecule has 0 amide bonds. The summed E-state index contributed by atoms with van der Waals surface area (Å²) in [5.74, 6) is 3.43. The topological polar surface area (TPSA) is 18.5 Å². The zero-order valence-corrected chi connectivity index (χ0v) is 46.4. The van der Waals surface area contributed by atoms with Gasteiger partial charge in [0.15, 0.2) is 8.07 Å². The van der Waals surface area contributed by atoms with Gasteiger partial charge in [-0.15, -0.1) is 0 Å². The lowest BCUT2D eigenvalue weighted by molar-refractivity contribution is 0.465. The van der Waals surface area contributed by atoms with Gasteiger partial charge in [0, 0.05) is 5.46 Å². The van der Waals surface area contributed by atoms with Crippen LogP contribution in [0.1, 0.15) is 105 Å². The molecule has 0 unspecified atom stereocenters. The summed E-state index contributed by atoms with van der Waals surface area (Å²) in [6.07, 6.45) is 0. The van der Waals surface area contributed by atoms with Crippen molar-refractivity contribution in [2.24, 2.45) is 0 Å². The van der Waals surface area contributed by atoms with Crippen LogP contribution >= 0.6 is 0 Å². The molecule has 0 aromatic heterocycles. The Kier molecular flexibility index (Phi) is 12.0. The lowest BCUT2D eigenvalue weighted by atomic mass is 9.34. The van der Waals surface area contributed by atoms with E-state index >= 15 is 0 Å². The van der Waals surface area contributed by atoms with Crippen molar-refractivity contribution in [3.63, 3.8) is 0 Å². The summed E-state index contributed by atoms with van der Waals surface area (Å²) in [5.41, 5.74) is 15.5. The second-order valence-corrected chi connectivity index (χ2v) is 28.9. The highest BCUT2D eigenvalue weighted by atomic mass is 28.3. The normalized spacial score (nSPS) is 13.3. The van der Waals surface area contributed by atoms with Crippen LogP contribution in [0.4, 0.5) is 0 Å². The minimum absolute atomic E-state index is 0.00792. The first-order chi connectivity index (χ1) is 35.2. The van der Waals surface area contributed by atoms with Crippen molar-refractivity contribution in [3.8, 4) is 56.4 Å². The molecule has 0 spiro atoms. The molecule has 0 saturated carbocycles. The number of ether oxygens (including phenoxy) is 2. The Bertz CT molecular complexity index is 3260. The molecule has 0 atom stereocenters. The molecule has 9 aromatic carbocycles. The SMILES string of the molecule is CC(C)(C)c1cc(-c2ccc3c(c2)Oc2cc(-c4ccc([Si](c5ccccc5)(c5ccccc5)c5ccccc5)cc4)cc4c2B3c2ccc(-c3cc(C(C)(C)C)cc(C(C)(C)C)c3)cc2O4)cc(C(C)(C)C)c1. The molecule has 9 aromatic rings. The number of rotatable bonds is 7. The quantitative estimate of drug-likeness (QED) is 0.117. The fraction of sp³-hybridized carbons (Fsp3) is 0.229. The zero-order chi connectivity index (χ0) is 52.0. The summed E-state index contributed by atoms with van der Waals surface area (Å²) in [6.45, 7) is 27.6. The third-order valence-corrected chi connectivity index (χ3v) is 20.5. The second kappa shape index (κ2) is 18.1. The van der Waals surface area contributed by atoms with E-state index in [-0.39, 0.29) is 28.4 Å². The minimum atomic E-state index is -2.72. The molecule has 2 aliphatic heterocycles. The van der Waals surface area contributed by atoms with Crippen LogP contribution in [0.15, 0.2) is 200 Å². The fourth-order valence-electron chi connectivity index (χ4n) is 11.3. The summed E-state index contributed by atoms with van der Waals surface area (Å²) in [5, 5.41) is 5.39. The van der Waals surface area contributed by atoms with E-state index < -0.39 is 8.07 Å². The molecule has 0 N–H and O–H groups in total. The van der Waals surface area contributed by atoms with Crippen LogP contribution in [0.2, 0.25) is 0 Å². The van der Waals surface area contributed by atoms with E-state index in [2.05, 4.69) is 283 Å². The van der Waals surface area contributed by atoms with Crippen molar-refractivity contribution in [1.29, 1.82) is 0 Å². The van der Waals surface area contributed by atoms with Gasteiger partial charge in [-0.1, -0.05) is 259 Å². The predicted molar refractivity (Wildman–Crippen MR) is 319 cm³/mol. The number of fused-ring (bicyclic) bond motifs is 4. The summed E-state index contributed by atoms with van der Waals surface area (Å²) in [6, 6.07) is 75.4. The lowest BCUT2D eigenvalue weighted by Gasteiger charge is -2.35. The Hall–Kier alpha value is -7.14. The van der Waals surface area contributed by atoms with E-state index in [1.165, 1.54) is 54.1 Å². The van der Waals surface area contributed by atoms with Crippen LogP contribution in [0.25, 0.3) is 33.4 Å². The first-order valence-corrected chi connectivity index (χ1v) is 28.6. The number of benzene rings is 9. The van der Waals surface area contributed by atoms with Crippen molar-refractivity contribution >= 4 is 51.9 Å². The molecule has 0 fully saturated rings. The Morgan fingerprint density at radius 1 is 0.284 bits per heavy atom. The Morgan fingerprint density at radius 2 is 0.581 bits per heavy atom. The van der Waals surface area contributed by atoms with E-state index in [1.807, 2.05) is 0 Å². The summed E-state index contributed by atoms with van der Waals surface area (Å²) < 4.78 is 14.4. The summed E-state index contributed by atoms with van der Waals surface area (Å²) in [7, 11) is -2.72. The molecule has 0 saturated heterocycles. The van der Waals surface area contributed by atoms with Gasteiger partial charge in [0.1, 0.15) is 23.0 Å². The largest absolute Gasteiger partial charge is 0.458 e. The maximum absolute atomic E-state index is 7.22. The molecule has 2 heterocycles. The van der Waals surface area contributed by atoms with Crippen LogP contribution < -0.4 is 46.6 Å². The lowest BCUT2D eigenvalue weighted by Crippen LogP contribution is -2.74. The zero-order valence-electron chi connectivity index (χ0n) is 45.4. The molecule has 368 valence electrons. The molecule has 11 rings (SSSR count). The van der Waals surface area contributed by atoms with Gasteiger partial charge in [0.05, 0.1) is 0 Å². The van der Waals surface area contributed by atoms with Crippen LogP contribution in [-0.2, 0) is 21.7 Å². The van der Waals surface area contributed by atoms with Crippen molar-refractivity contribution in [3.05, 3.63) is 222 Å². The average Bonchev–Trinajstić information content (AvgIpc) is 3.40. The van der Waals surface area contributed by atoms with E-state index in [9.17, 15) is 0 Å². The smallest absolute Gasteiger partial charge is 0.260 e. The number of hydrogen-bond donors (Lipinski definition) is 0. The molecule has 0 aliphatic carbocycles. The maximum Gasteiger partial charge on any atom is 0.260 e. The second-order valence-electron chi connectivity index (χ2n) is 25.1. The number of hydrogen-bond acceptors (Lipinski definition) is 2. The third kappa shape index (κ3) is 8.85. The van der Waals surface area contributed by atoms with E-state index in [4.69, 9.17) is 9.47 Å². The van der Waals surface area contributed by atoms with Gasteiger partial charge in [0.2, 0.25) is 0 Å². The summed E-state index contributed by atoms with van der Waals surface area (Å²) >= 11 is 0. The molecular formula is C70H69BO2Si. The fourth-order valence-corrected chi connectivity index (χ4v) is 16.1. The first-order valence-electron chi connectivity index (χ1n) is 26.6. The van der Waals surface area contributed by atoms with Gasteiger partial charge in [0.25, 0.3) is 6.71 Å². The van der Waals surface area contributed by atoms with Gasteiger partial charge in [-0.3, -0.25) is 0 Å². The standard InChI is InChI=1S/C70H69BO2Si/c1-67(2,3)52-36-49(37-53(44-52)68(4,5)6)47-30-34-60-62(40-47)72-64-42-51(46-28-32-59(33-29-46)74(56-22-16-13-17-23-56,57-24-18-14-19-25-57)58-26-20-15-21-27-58)43-65-66(64)71(60)61-35-31-48(41-63(61)73-65)50-38-54(69(7,8)9)45-55(39-50)70(10,11)12/h13-45H,1-12H3. The Labute approximate surface area is 442 Å². The highest BCUT2D eigenvalue weighted by Gasteiger charge is 2.43. The molecule has 0 radical (unpaired) electrons. The van der Waals surface area contributed by atoms with Crippen molar-refractivity contribution < 1.29 is 9.47 Å². The Balaban J connectivity index is 1.08. The van der Waals surface area contributed by atoms with Crippen molar-refractivity contribution in [2.45, 2.75) is 105 Å². The van der Waals surface area contributed by atoms with Gasteiger partial charge in [-0.05, 0) is 133 Å². The molecule has 4 heteroatoms. The van der Waals surface area contributed by atoms with E-state index in [0.717, 1.165) is 61.6 Å². The van der Waals surface area contributed by atoms with Gasteiger partial charge in [-0.2, -0.15) is 0 Å². The highest BCUT2D eigenvalue weighted by Crippen LogP contribution is 2.42. The summed E-state index contributed by atoms with van der Waals surface area (Å²) in [4.78, 5) is 0. The van der Waals surface area contributed by atoms with Gasteiger partial charge < -0.3 is 9.47 Å². The third-order valence-electron chi connectivity index (χ3n) is 15.8. The van der Waals surface area contributed by atoms with Crippen LogP contribution in [0, 0.1) is 0 Å². The van der Waals surface area contributed by atoms with E-state index in [1.54, 1.807) is 0 Å². The predicted octanol–water partition coefficient (Wildman–Crippen LogP) is 14.0. The van der Waals surface area contributed by atoms with Crippen LogP contribution in [0.3, 0.4) is 0 Å². The van der Waals surface area contributed by atoms with Crippen molar-refractivity contribution in [1.82, 2.24) is 0 Å². The van der Waals surface area contributed by atoms with Gasteiger partial charge in [-0.25, -0.2) is 0 Å². The minimum Gasteiger partial charge on any atom is -0.458 e. The molecular weight excluding hydrogens is 912 g/mol. The molecule has 2 aliphatic rings. The molecule has 74 heavy (non-hydrogen) atoms. The first kappa shape index (κ1) is 49.1. The van der Waals surface area contributed by atoms with E-state index in [0.29, 0.717) is 0 Å². The molecule has 2 nitrogen and oxygen atoms in total. The maximum atomic E-state index is 7.22.